The second-order valence-electron chi connectivity index (χ2n) is 4.85. The third-order valence-corrected chi connectivity index (χ3v) is 3.36. The van der Waals surface area contributed by atoms with Crippen molar-refractivity contribution in [3.8, 4) is 0 Å². The van der Waals surface area contributed by atoms with E-state index in [9.17, 15) is 4.79 Å². The lowest BCUT2D eigenvalue weighted by Crippen LogP contribution is -2.30. The molecule has 1 amide bonds. The average Bonchev–Trinajstić information content (AvgIpc) is 2.76. The van der Waals surface area contributed by atoms with E-state index in [1.54, 1.807) is 11.0 Å². The number of carbonyl (C=O) groups excluding carboxylic acids is 1. The average molecular weight is 272 g/mol. The Kier molecular flexibility index (Phi) is 4.13. The van der Waals surface area contributed by atoms with Gasteiger partial charge in [0.25, 0.3) is 5.91 Å². The molecule has 4 heteroatoms. The summed E-state index contributed by atoms with van der Waals surface area (Å²) in [6, 6.07) is 9.39. The Morgan fingerprint density at radius 1 is 1.30 bits per heavy atom. The molecule has 2 N–H and O–H groups in total. The maximum atomic E-state index is 12.6. The van der Waals surface area contributed by atoms with E-state index in [1.807, 2.05) is 45.0 Å². The summed E-state index contributed by atoms with van der Waals surface area (Å²) in [7, 11) is 0. The van der Waals surface area contributed by atoms with E-state index < -0.39 is 0 Å². The van der Waals surface area contributed by atoms with Gasteiger partial charge in [0.2, 0.25) is 0 Å². The van der Waals surface area contributed by atoms with E-state index in [1.165, 1.54) is 0 Å². The molecule has 0 aliphatic heterocycles. The van der Waals surface area contributed by atoms with Crippen molar-refractivity contribution in [2.75, 3.05) is 12.3 Å². The molecule has 0 atom stereocenters. The number of nitrogens with zero attached hydrogens (tertiary/aromatic N) is 1. The molecule has 0 aliphatic carbocycles. The van der Waals surface area contributed by atoms with Crippen molar-refractivity contribution in [2.24, 2.45) is 0 Å². The zero-order chi connectivity index (χ0) is 14.7. The Labute approximate surface area is 119 Å². The number of aryl methyl sites for hydroxylation is 2. The molecule has 0 bridgehead atoms. The summed E-state index contributed by atoms with van der Waals surface area (Å²) >= 11 is 0. The molecule has 2 aromatic rings. The van der Waals surface area contributed by atoms with Gasteiger partial charge in [-0.1, -0.05) is 18.2 Å². The minimum absolute atomic E-state index is 0.0231. The van der Waals surface area contributed by atoms with Crippen LogP contribution < -0.4 is 5.73 Å². The first-order valence-corrected chi connectivity index (χ1v) is 6.72. The first kappa shape index (κ1) is 14.2. The van der Waals surface area contributed by atoms with E-state index in [0.717, 1.165) is 11.3 Å². The lowest BCUT2D eigenvalue weighted by atomic mass is 10.1. The predicted octanol–water partition coefficient (Wildman–Crippen LogP) is 3.14. The number of hydrogen-bond donors (Lipinski definition) is 1. The molecule has 20 heavy (non-hydrogen) atoms. The van der Waals surface area contributed by atoms with Crippen molar-refractivity contribution < 1.29 is 9.21 Å². The second-order valence-corrected chi connectivity index (χ2v) is 4.85. The van der Waals surface area contributed by atoms with Crippen LogP contribution in [0.5, 0.6) is 0 Å². The van der Waals surface area contributed by atoms with Gasteiger partial charge in [-0.3, -0.25) is 4.79 Å². The van der Waals surface area contributed by atoms with E-state index >= 15 is 0 Å². The minimum atomic E-state index is -0.0231. The van der Waals surface area contributed by atoms with E-state index in [0.29, 0.717) is 30.1 Å². The van der Waals surface area contributed by atoms with Crippen LogP contribution >= 0.6 is 0 Å². The van der Waals surface area contributed by atoms with Crippen LogP contribution in [-0.2, 0) is 6.54 Å². The molecule has 0 fully saturated rings. The molecule has 106 valence electrons. The number of para-hydroxylation sites is 1. The van der Waals surface area contributed by atoms with Gasteiger partial charge < -0.3 is 15.1 Å². The highest BCUT2D eigenvalue weighted by atomic mass is 16.3. The van der Waals surface area contributed by atoms with Gasteiger partial charge in [0.1, 0.15) is 11.5 Å². The summed E-state index contributed by atoms with van der Waals surface area (Å²) in [5, 5.41) is 0. The van der Waals surface area contributed by atoms with Crippen molar-refractivity contribution in [3.63, 3.8) is 0 Å². The predicted molar refractivity (Wildman–Crippen MR) is 79.5 cm³/mol. The zero-order valence-corrected chi connectivity index (χ0v) is 12.1. The highest BCUT2D eigenvalue weighted by molar-refractivity contribution is 5.95. The molecular weight excluding hydrogens is 252 g/mol. The fourth-order valence-electron chi connectivity index (χ4n) is 2.22. The van der Waals surface area contributed by atoms with Crippen LogP contribution in [0.2, 0.25) is 0 Å². The maximum absolute atomic E-state index is 12.6. The number of furan rings is 1. The molecule has 0 saturated carbocycles. The molecule has 0 unspecified atom stereocenters. The third kappa shape index (κ3) is 2.85. The molecule has 2 rings (SSSR count). The van der Waals surface area contributed by atoms with E-state index in [2.05, 4.69) is 0 Å². The van der Waals surface area contributed by atoms with Crippen molar-refractivity contribution in [1.82, 2.24) is 4.90 Å². The van der Waals surface area contributed by atoms with Crippen LogP contribution in [0.15, 0.2) is 34.7 Å². The van der Waals surface area contributed by atoms with Gasteiger partial charge in [-0.15, -0.1) is 0 Å². The van der Waals surface area contributed by atoms with Crippen LogP contribution in [0.3, 0.4) is 0 Å². The van der Waals surface area contributed by atoms with Gasteiger partial charge in [0.05, 0.1) is 5.56 Å². The lowest BCUT2D eigenvalue weighted by Gasteiger charge is -2.21. The quantitative estimate of drug-likeness (QED) is 0.870. The van der Waals surface area contributed by atoms with Crippen molar-refractivity contribution in [1.29, 1.82) is 0 Å². The van der Waals surface area contributed by atoms with Crippen LogP contribution in [0.1, 0.15) is 34.4 Å². The van der Waals surface area contributed by atoms with Crippen molar-refractivity contribution in [2.45, 2.75) is 27.3 Å². The van der Waals surface area contributed by atoms with Crippen LogP contribution in [0, 0.1) is 13.8 Å². The van der Waals surface area contributed by atoms with Crippen molar-refractivity contribution in [3.05, 3.63) is 53.0 Å². The minimum Gasteiger partial charge on any atom is -0.466 e. The molecule has 1 heterocycles. The van der Waals surface area contributed by atoms with Gasteiger partial charge in [0, 0.05) is 18.8 Å². The Morgan fingerprint density at radius 3 is 2.55 bits per heavy atom. The summed E-state index contributed by atoms with van der Waals surface area (Å²) in [5.74, 6) is 1.39. The number of rotatable bonds is 4. The largest absolute Gasteiger partial charge is 0.466 e. The van der Waals surface area contributed by atoms with Gasteiger partial charge in [-0.2, -0.15) is 0 Å². The molecular formula is C16H20N2O2. The summed E-state index contributed by atoms with van der Waals surface area (Å²) in [6.07, 6.45) is 0. The Hall–Kier alpha value is -2.23. The van der Waals surface area contributed by atoms with Crippen LogP contribution in [0.25, 0.3) is 0 Å². The first-order chi connectivity index (χ1) is 9.52. The van der Waals surface area contributed by atoms with Gasteiger partial charge >= 0.3 is 0 Å². The number of anilines is 1. The zero-order valence-electron chi connectivity index (χ0n) is 12.1. The summed E-state index contributed by atoms with van der Waals surface area (Å²) in [4.78, 5) is 14.3. The molecule has 0 spiro atoms. The summed E-state index contributed by atoms with van der Waals surface area (Å²) in [6.45, 7) is 6.74. The Morgan fingerprint density at radius 2 is 2.00 bits per heavy atom. The number of carbonyl (C=O) groups is 1. The summed E-state index contributed by atoms with van der Waals surface area (Å²) < 4.78 is 5.43. The Bertz CT molecular complexity index is 617. The first-order valence-electron chi connectivity index (χ1n) is 6.72. The summed E-state index contributed by atoms with van der Waals surface area (Å²) in [5.41, 5.74) is 8.23. The van der Waals surface area contributed by atoms with Crippen molar-refractivity contribution >= 4 is 11.6 Å². The normalized spacial score (nSPS) is 10.6. The molecule has 0 aliphatic rings. The number of amides is 1. The fourth-order valence-corrected chi connectivity index (χ4v) is 2.22. The van der Waals surface area contributed by atoms with Crippen LogP contribution in [0.4, 0.5) is 5.69 Å². The molecule has 1 aromatic carbocycles. The highest BCUT2D eigenvalue weighted by Crippen LogP contribution is 2.19. The second kappa shape index (κ2) is 5.82. The third-order valence-electron chi connectivity index (χ3n) is 3.36. The van der Waals surface area contributed by atoms with E-state index in [-0.39, 0.29) is 5.91 Å². The Balaban J connectivity index is 2.22. The molecule has 0 saturated heterocycles. The monoisotopic (exact) mass is 272 g/mol. The maximum Gasteiger partial charge on any atom is 0.257 e. The molecule has 4 nitrogen and oxygen atoms in total. The number of nitrogens with two attached hydrogens (primary N) is 1. The standard InChI is InChI=1S/C16H20N2O2/c1-4-18(10-13-7-5-6-8-15(13)17)16(19)14-9-11(2)20-12(14)3/h5-9H,4,10,17H2,1-3H3. The van der Waals surface area contributed by atoms with E-state index in [4.69, 9.17) is 10.2 Å². The highest BCUT2D eigenvalue weighted by Gasteiger charge is 2.20. The van der Waals surface area contributed by atoms with Gasteiger partial charge in [-0.05, 0) is 38.5 Å². The number of hydrogen-bond acceptors (Lipinski definition) is 3. The number of benzene rings is 1. The topological polar surface area (TPSA) is 59.5 Å². The number of nitrogen functional groups attached to an aromatic ring is 1. The molecule has 0 radical (unpaired) electrons. The van der Waals surface area contributed by atoms with Gasteiger partial charge in [-0.25, -0.2) is 0 Å². The van der Waals surface area contributed by atoms with Gasteiger partial charge in [0.15, 0.2) is 0 Å². The smallest absolute Gasteiger partial charge is 0.257 e. The van der Waals surface area contributed by atoms with Crippen LogP contribution in [-0.4, -0.2) is 17.4 Å². The SMILES string of the molecule is CCN(Cc1ccccc1N)C(=O)c1cc(C)oc1C. The molecule has 1 aromatic heterocycles. The fraction of sp³-hybridized carbons (Fsp3) is 0.312. The lowest BCUT2D eigenvalue weighted by molar-refractivity contribution is 0.0751.